The van der Waals surface area contributed by atoms with Gasteiger partial charge in [0, 0.05) is 32.7 Å². The smallest absolute Gasteiger partial charge is 0.317 e. The zero-order valence-corrected chi connectivity index (χ0v) is 16.6. The molecule has 6 heteroatoms. The van der Waals surface area contributed by atoms with Gasteiger partial charge < -0.3 is 19.9 Å². The van der Waals surface area contributed by atoms with Crippen LogP contribution in [-0.4, -0.2) is 61.6 Å². The average molecular weight is 361 g/mol. The maximum atomic E-state index is 12.9. The molecule has 3 amide bonds. The third-order valence-corrected chi connectivity index (χ3v) is 4.43. The Labute approximate surface area is 156 Å². The Balaban J connectivity index is 2.01. The molecule has 0 radical (unpaired) electrons. The van der Waals surface area contributed by atoms with Gasteiger partial charge in [0.2, 0.25) is 0 Å². The lowest BCUT2D eigenvalue weighted by atomic mass is 9.97. The van der Waals surface area contributed by atoms with E-state index in [1.165, 1.54) is 0 Å². The van der Waals surface area contributed by atoms with E-state index in [0.717, 1.165) is 12.0 Å². The number of nitrogens with zero attached hydrogens (tertiary/aromatic N) is 2. The summed E-state index contributed by atoms with van der Waals surface area (Å²) in [5, 5.41) is 2.99. The zero-order valence-electron chi connectivity index (χ0n) is 16.6. The summed E-state index contributed by atoms with van der Waals surface area (Å²) in [4.78, 5) is 28.9. The summed E-state index contributed by atoms with van der Waals surface area (Å²) in [6.07, 6.45) is 0.767. The third kappa shape index (κ3) is 5.38. The Morgan fingerprint density at radius 1 is 1.12 bits per heavy atom. The molecule has 1 saturated heterocycles. The molecule has 1 heterocycles. The molecular formula is C20H31N3O3. The number of hydrogen-bond acceptors (Lipinski definition) is 3. The van der Waals surface area contributed by atoms with E-state index in [2.05, 4.69) is 26.1 Å². The minimum absolute atomic E-state index is 0.0394. The maximum Gasteiger partial charge on any atom is 0.317 e. The summed E-state index contributed by atoms with van der Waals surface area (Å²) in [5.41, 5.74) is 1.65. The van der Waals surface area contributed by atoms with Crippen molar-refractivity contribution in [2.45, 2.75) is 34.1 Å². The van der Waals surface area contributed by atoms with Crippen molar-refractivity contribution in [3.63, 3.8) is 0 Å². The second-order valence-electron chi connectivity index (χ2n) is 8.06. The van der Waals surface area contributed by atoms with Crippen LogP contribution in [0, 0.1) is 12.3 Å². The van der Waals surface area contributed by atoms with Gasteiger partial charge in [0.25, 0.3) is 5.91 Å². The lowest BCUT2D eigenvalue weighted by Crippen LogP contribution is -2.44. The van der Waals surface area contributed by atoms with Crippen molar-refractivity contribution < 1.29 is 14.3 Å². The van der Waals surface area contributed by atoms with Crippen LogP contribution in [0.2, 0.25) is 0 Å². The number of hydrogen-bond donors (Lipinski definition) is 1. The van der Waals surface area contributed by atoms with E-state index >= 15 is 0 Å². The van der Waals surface area contributed by atoms with Crippen molar-refractivity contribution in [3.8, 4) is 5.75 Å². The number of methoxy groups -OCH3 is 1. The van der Waals surface area contributed by atoms with Crippen molar-refractivity contribution in [1.29, 1.82) is 0 Å². The Hall–Kier alpha value is -2.24. The van der Waals surface area contributed by atoms with E-state index in [4.69, 9.17) is 4.74 Å². The van der Waals surface area contributed by atoms with Crippen molar-refractivity contribution in [2.24, 2.45) is 5.41 Å². The lowest BCUT2D eigenvalue weighted by molar-refractivity contribution is 0.0758. The Kier molecular flexibility index (Phi) is 6.51. The summed E-state index contributed by atoms with van der Waals surface area (Å²) in [6.45, 7) is 11.2. The Morgan fingerprint density at radius 2 is 1.77 bits per heavy atom. The molecule has 0 unspecified atom stereocenters. The van der Waals surface area contributed by atoms with Gasteiger partial charge in [-0.2, -0.15) is 0 Å². The normalized spacial score (nSPS) is 15.4. The number of amides is 3. The lowest BCUT2D eigenvalue weighted by Gasteiger charge is -2.25. The number of urea groups is 1. The monoisotopic (exact) mass is 361 g/mol. The van der Waals surface area contributed by atoms with Crippen LogP contribution >= 0.6 is 0 Å². The first-order chi connectivity index (χ1) is 12.2. The van der Waals surface area contributed by atoms with Crippen molar-refractivity contribution in [2.75, 3.05) is 39.8 Å². The molecule has 0 saturated carbocycles. The van der Waals surface area contributed by atoms with E-state index in [0.29, 0.717) is 44.0 Å². The number of aryl methyl sites for hydroxylation is 1. The number of carbonyl (C=O) groups excluding carboxylic acids is 2. The molecule has 2 rings (SSSR count). The number of nitrogens with one attached hydrogen (secondary N) is 1. The van der Waals surface area contributed by atoms with Crippen LogP contribution in [0.25, 0.3) is 0 Å². The van der Waals surface area contributed by atoms with Gasteiger partial charge in [0.15, 0.2) is 0 Å². The zero-order chi connectivity index (χ0) is 19.3. The van der Waals surface area contributed by atoms with E-state index in [9.17, 15) is 9.59 Å². The fraction of sp³-hybridized carbons (Fsp3) is 0.600. The van der Waals surface area contributed by atoms with Crippen molar-refractivity contribution >= 4 is 11.9 Å². The van der Waals surface area contributed by atoms with Gasteiger partial charge in [-0.1, -0.05) is 32.4 Å². The van der Waals surface area contributed by atoms with E-state index in [-0.39, 0.29) is 17.4 Å². The molecule has 6 nitrogen and oxygen atoms in total. The molecule has 0 aromatic heterocycles. The highest BCUT2D eigenvalue weighted by Crippen LogP contribution is 2.22. The molecule has 0 atom stereocenters. The topological polar surface area (TPSA) is 61.9 Å². The van der Waals surface area contributed by atoms with Crippen LogP contribution in [0.15, 0.2) is 18.2 Å². The van der Waals surface area contributed by atoms with Crippen LogP contribution in [0.5, 0.6) is 5.75 Å². The van der Waals surface area contributed by atoms with Gasteiger partial charge in [-0.25, -0.2) is 4.79 Å². The maximum absolute atomic E-state index is 12.9. The Bertz CT molecular complexity index is 652. The summed E-state index contributed by atoms with van der Waals surface area (Å²) in [5.74, 6) is 0.548. The summed E-state index contributed by atoms with van der Waals surface area (Å²) < 4.78 is 5.34. The number of rotatable bonds is 3. The Morgan fingerprint density at radius 3 is 2.42 bits per heavy atom. The van der Waals surface area contributed by atoms with E-state index in [1.54, 1.807) is 12.0 Å². The fourth-order valence-electron chi connectivity index (χ4n) is 2.94. The van der Waals surface area contributed by atoms with E-state index in [1.807, 2.05) is 30.0 Å². The molecule has 1 fully saturated rings. The second-order valence-corrected chi connectivity index (χ2v) is 8.06. The molecule has 0 spiro atoms. The van der Waals surface area contributed by atoms with Crippen LogP contribution in [0.1, 0.15) is 43.1 Å². The van der Waals surface area contributed by atoms with Crippen LogP contribution in [0.4, 0.5) is 4.79 Å². The highest BCUT2D eigenvalue weighted by Gasteiger charge is 2.25. The number of carbonyl (C=O) groups is 2. The first-order valence-electron chi connectivity index (χ1n) is 9.18. The highest BCUT2D eigenvalue weighted by atomic mass is 16.5. The molecular weight excluding hydrogens is 330 g/mol. The van der Waals surface area contributed by atoms with E-state index < -0.39 is 0 Å². The average Bonchev–Trinajstić information content (AvgIpc) is 2.84. The predicted octanol–water partition coefficient (Wildman–Crippen LogP) is 2.91. The van der Waals surface area contributed by atoms with Gasteiger partial charge in [-0.05, 0) is 30.9 Å². The molecule has 1 aromatic rings. The number of benzene rings is 1. The van der Waals surface area contributed by atoms with Crippen LogP contribution in [-0.2, 0) is 0 Å². The highest BCUT2D eigenvalue weighted by molar-refractivity contribution is 5.97. The quantitative estimate of drug-likeness (QED) is 0.900. The minimum atomic E-state index is -0.0534. The molecule has 1 N–H and O–H groups in total. The third-order valence-electron chi connectivity index (χ3n) is 4.43. The molecule has 26 heavy (non-hydrogen) atoms. The van der Waals surface area contributed by atoms with Gasteiger partial charge in [-0.3, -0.25) is 4.79 Å². The summed E-state index contributed by atoms with van der Waals surface area (Å²) in [6, 6.07) is 5.56. The van der Waals surface area contributed by atoms with Crippen molar-refractivity contribution in [3.05, 3.63) is 29.3 Å². The minimum Gasteiger partial charge on any atom is -0.496 e. The predicted molar refractivity (Wildman–Crippen MR) is 103 cm³/mol. The first-order valence-corrected chi connectivity index (χ1v) is 9.18. The van der Waals surface area contributed by atoms with Crippen LogP contribution in [0.3, 0.4) is 0 Å². The van der Waals surface area contributed by atoms with Gasteiger partial charge in [-0.15, -0.1) is 0 Å². The molecule has 0 aliphatic carbocycles. The molecule has 1 aliphatic rings. The molecule has 0 bridgehead atoms. The van der Waals surface area contributed by atoms with Crippen molar-refractivity contribution in [1.82, 2.24) is 15.1 Å². The fourth-order valence-corrected chi connectivity index (χ4v) is 2.94. The van der Waals surface area contributed by atoms with Gasteiger partial charge in [0.1, 0.15) is 5.75 Å². The largest absolute Gasteiger partial charge is 0.496 e. The molecule has 1 aromatic carbocycles. The molecule has 144 valence electrons. The second kappa shape index (κ2) is 8.43. The molecule has 1 aliphatic heterocycles. The van der Waals surface area contributed by atoms with Gasteiger partial charge in [0.05, 0.1) is 12.7 Å². The standard InChI is InChI=1S/C20H31N3O3/c1-15-7-8-17(26-5)16(13-15)18(24)22-9-6-10-23(12-11-22)19(25)21-14-20(2,3)4/h7-8,13H,6,9-12,14H2,1-5H3,(H,21,25). The summed E-state index contributed by atoms with van der Waals surface area (Å²) >= 11 is 0. The first kappa shape index (κ1) is 20.1. The SMILES string of the molecule is COc1ccc(C)cc1C(=O)N1CCCN(C(=O)NCC(C)(C)C)CC1. The summed E-state index contributed by atoms with van der Waals surface area (Å²) in [7, 11) is 1.57. The van der Waals surface area contributed by atoms with Crippen LogP contribution < -0.4 is 10.1 Å². The number of ether oxygens (including phenoxy) is 1. The van der Waals surface area contributed by atoms with Gasteiger partial charge >= 0.3 is 6.03 Å².